The molecule has 0 aliphatic heterocycles. The van der Waals surface area contributed by atoms with E-state index in [0.717, 1.165) is 18.4 Å². The standard InChI is InChI=1S/C16H20/c1-4-8-16(13-14(2)3)12-11-15-9-6-5-7-10-15/h5-7,9-10,16H,2,4,8,13H2,1,3H3. The van der Waals surface area contributed by atoms with Crippen molar-refractivity contribution in [2.45, 2.75) is 33.1 Å². The molecule has 16 heavy (non-hydrogen) atoms. The maximum Gasteiger partial charge on any atom is 0.0245 e. The van der Waals surface area contributed by atoms with Crippen LogP contribution in [0.5, 0.6) is 0 Å². The van der Waals surface area contributed by atoms with Crippen LogP contribution >= 0.6 is 0 Å². The zero-order valence-corrected chi connectivity index (χ0v) is 10.3. The first-order valence-corrected chi connectivity index (χ1v) is 5.93. The van der Waals surface area contributed by atoms with Crippen molar-refractivity contribution in [1.82, 2.24) is 0 Å². The molecule has 0 radical (unpaired) electrons. The van der Waals surface area contributed by atoms with Crippen LogP contribution in [0.25, 0.3) is 0 Å². The fourth-order valence-electron chi connectivity index (χ4n) is 1.70. The number of hydrogen-bond acceptors (Lipinski definition) is 0. The molecule has 0 fully saturated rings. The SMILES string of the molecule is C=C(C)CC(C#Cc1ccccc1)CCC. The van der Waals surface area contributed by atoms with Gasteiger partial charge in [-0.1, -0.05) is 49.0 Å². The average Bonchev–Trinajstić information content (AvgIpc) is 2.27. The minimum Gasteiger partial charge on any atom is -0.100 e. The van der Waals surface area contributed by atoms with E-state index >= 15 is 0 Å². The molecule has 0 bridgehead atoms. The van der Waals surface area contributed by atoms with Crippen LogP contribution in [0.2, 0.25) is 0 Å². The highest BCUT2D eigenvalue weighted by atomic mass is 14.1. The van der Waals surface area contributed by atoms with Crippen molar-refractivity contribution in [1.29, 1.82) is 0 Å². The van der Waals surface area contributed by atoms with Gasteiger partial charge in [0.25, 0.3) is 0 Å². The van der Waals surface area contributed by atoms with Gasteiger partial charge in [0.05, 0.1) is 0 Å². The zero-order chi connectivity index (χ0) is 11.8. The van der Waals surface area contributed by atoms with Crippen molar-refractivity contribution < 1.29 is 0 Å². The summed E-state index contributed by atoms with van der Waals surface area (Å²) in [7, 11) is 0. The van der Waals surface area contributed by atoms with Crippen LogP contribution in [0.15, 0.2) is 42.5 Å². The molecule has 0 aromatic heterocycles. The van der Waals surface area contributed by atoms with Gasteiger partial charge < -0.3 is 0 Å². The van der Waals surface area contributed by atoms with Crippen molar-refractivity contribution >= 4 is 0 Å². The van der Waals surface area contributed by atoms with Gasteiger partial charge in [0.15, 0.2) is 0 Å². The minimum absolute atomic E-state index is 0.461. The predicted molar refractivity (Wildman–Crippen MR) is 71.1 cm³/mol. The van der Waals surface area contributed by atoms with Crippen molar-refractivity contribution in [3.8, 4) is 11.8 Å². The molecule has 0 aliphatic carbocycles. The van der Waals surface area contributed by atoms with Gasteiger partial charge in [0.1, 0.15) is 0 Å². The largest absolute Gasteiger partial charge is 0.100 e. The second-order valence-electron chi connectivity index (χ2n) is 4.28. The van der Waals surface area contributed by atoms with Gasteiger partial charge in [0.2, 0.25) is 0 Å². The molecule has 0 saturated heterocycles. The van der Waals surface area contributed by atoms with Gasteiger partial charge in [-0.3, -0.25) is 0 Å². The van der Waals surface area contributed by atoms with Gasteiger partial charge in [-0.25, -0.2) is 0 Å². The van der Waals surface area contributed by atoms with Crippen LogP contribution in [0.1, 0.15) is 38.7 Å². The van der Waals surface area contributed by atoms with Crippen LogP contribution < -0.4 is 0 Å². The Morgan fingerprint density at radius 1 is 1.31 bits per heavy atom. The van der Waals surface area contributed by atoms with E-state index in [1.165, 1.54) is 12.0 Å². The minimum atomic E-state index is 0.461. The smallest absolute Gasteiger partial charge is 0.0245 e. The average molecular weight is 212 g/mol. The van der Waals surface area contributed by atoms with Crippen LogP contribution in [-0.2, 0) is 0 Å². The van der Waals surface area contributed by atoms with Crippen LogP contribution in [0.3, 0.4) is 0 Å². The summed E-state index contributed by atoms with van der Waals surface area (Å²) >= 11 is 0. The number of rotatable bonds is 4. The first kappa shape index (κ1) is 12.6. The highest BCUT2D eigenvalue weighted by molar-refractivity contribution is 5.34. The summed E-state index contributed by atoms with van der Waals surface area (Å²) in [5, 5.41) is 0. The maximum absolute atomic E-state index is 3.96. The van der Waals surface area contributed by atoms with E-state index in [0.29, 0.717) is 5.92 Å². The van der Waals surface area contributed by atoms with E-state index in [-0.39, 0.29) is 0 Å². The molecule has 0 amide bonds. The third-order valence-electron chi connectivity index (χ3n) is 2.43. The lowest BCUT2D eigenvalue weighted by Crippen LogP contribution is -1.97. The molecule has 0 spiro atoms. The first-order valence-electron chi connectivity index (χ1n) is 5.93. The van der Waals surface area contributed by atoms with Crippen molar-refractivity contribution in [2.75, 3.05) is 0 Å². The molecule has 0 N–H and O–H groups in total. The van der Waals surface area contributed by atoms with Gasteiger partial charge in [0, 0.05) is 11.5 Å². The summed E-state index contributed by atoms with van der Waals surface area (Å²) in [4.78, 5) is 0. The van der Waals surface area contributed by atoms with E-state index in [2.05, 4.69) is 44.4 Å². The van der Waals surface area contributed by atoms with Crippen molar-refractivity contribution in [3.05, 3.63) is 48.0 Å². The highest BCUT2D eigenvalue weighted by Gasteiger charge is 2.03. The molecule has 0 saturated carbocycles. The molecule has 1 aromatic rings. The van der Waals surface area contributed by atoms with E-state index in [9.17, 15) is 0 Å². The number of hydrogen-bond donors (Lipinski definition) is 0. The van der Waals surface area contributed by atoms with E-state index < -0.39 is 0 Å². The fourth-order valence-corrected chi connectivity index (χ4v) is 1.70. The lowest BCUT2D eigenvalue weighted by molar-refractivity contribution is 0.594. The fraction of sp³-hybridized carbons (Fsp3) is 0.375. The Kier molecular flexibility index (Phi) is 5.43. The van der Waals surface area contributed by atoms with Crippen molar-refractivity contribution in [2.24, 2.45) is 5.92 Å². The van der Waals surface area contributed by atoms with Crippen LogP contribution in [0, 0.1) is 17.8 Å². The van der Waals surface area contributed by atoms with Gasteiger partial charge in [-0.15, -0.1) is 6.58 Å². The topological polar surface area (TPSA) is 0 Å². The summed E-state index contributed by atoms with van der Waals surface area (Å²) in [6.07, 6.45) is 3.36. The Balaban J connectivity index is 2.67. The quantitative estimate of drug-likeness (QED) is 0.512. The molecule has 0 heterocycles. The number of benzene rings is 1. The second kappa shape index (κ2) is 6.90. The van der Waals surface area contributed by atoms with Gasteiger partial charge in [-0.2, -0.15) is 0 Å². The Morgan fingerprint density at radius 3 is 2.56 bits per heavy atom. The Morgan fingerprint density at radius 2 is 2.00 bits per heavy atom. The first-order chi connectivity index (χ1) is 7.72. The molecule has 1 atom stereocenters. The summed E-state index contributed by atoms with van der Waals surface area (Å²) in [6, 6.07) is 10.2. The van der Waals surface area contributed by atoms with Crippen molar-refractivity contribution in [3.63, 3.8) is 0 Å². The maximum atomic E-state index is 3.96. The van der Waals surface area contributed by atoms with Crippen LogP contribution in [0.4, 0.5) is 0 Å². The zero-order valence-electron chi connectivity index (χ0n) is 10.3. The lowest BCUT2D eigenvalue weighted by atomic mass is 9.96. The third-order valence-corrected chi connectivity index (χ3v) is 2.43. The third kappa shape index (κ3) is 4.84. The van der Waals surface area contributed by atoms with Crippen LogP contribution in [-0.4, -0.2) is 0 Å². The molecule has 0 aliphatic rings. The summed E-state index contributed by atoms with van der Waals surface area (Å²) in [6.45, 7) is 8.24. The Bertz CT molecular complexity index is 375. The van der Waals surface area contributed by atoms with Gasteiger partial charge >= 0.3 is 0 Å². The summed E-state index contributed by atoms with van der Waals surface area (Å²) in [5.41, 5.74) is 2.33. The lowest BCUT2D eigenvalue weighted by Gasteiger charge is -2.08. The molecule has 1 unspecified atom stereocenters. The Hall–Kier alpha value is -1.48. The second-order valence-corrected chi connectivity index (χ2v) is 4.28. The van der Waals surface area contributed by atoms with Gasteiger partial charge in [-0.05, 0) is 31.9 Å². The monoisotopic (exact) mass is 212 g/mol. The molecular weight excluding hydrogens is 192 g/mol. The molecule has 0 nitrogen and oxygen atoms in total. The predicted octanol–water partition coefficient (Wildman–Crippen LogP) is 4.42. The van der Waals surface area contributed by atoms with E-state index in [4.69, 9.17) is 0 Å². The molecule has 1 rings (SSSR count). The normalized spacial score (nSPS) is 11.4. The molecule has 1 aromatic carbocycles. The summed E-state index contributed by atoms with van der Waals surface area (Å²) in [5.74, 6) is 7.06. The summed E-state index contributed by atoms with van der Waals surface area (Å²) < 4.78 is 0. The van der Waals surface area contributed by atoms with E-state index in [1.54, 1.807) is 0 Å². The Labute approximate surface area is 99.4 Å². The molecular formula is C16H20. The molecule has 84 valence electrons. The van der Waals surface area contributed by atoms with E-state index in [1.807, 2.05) is 18.2 Å². The molecule has 0 heteroatoms. The number of allylic oxidation sites excluding steroid dienone is 1. The highest BCUT2D eigenvalue weighted by Crippen LogP contribution is 2.15.